The summed E-state index contributed by atoms with van der Waals surface area (Å²) in [5.41, 5.74) is 6.35. The Morgan fingerprint density at radius 1 is 1.04 bits per heavy atom. The van der Waals surface area contributed by atoms with E-state index in [1.165, 1.54) is 0 Å². The van der Waals surface area contributed by atoms with E-state index in [-0.39, 0.29) is 6.61 Å². The number of nitrogens with one attached hydrogen (secondary N) is 2. The van der Waals surface area contributed by atoms with Crippen LogP contribution in [0.3, 0.4) is 0 Å². The Morgan fingerprint density at radius 3 is 2.46 bits per heavy atom. The average Bonchev–Trinajstić information content (AvgIpc) is 2.60. The minimum absolute atomic E-state index is 0.240. The lowest BCUT2D eigenvalue weighted by Gasteiger charge is -2.16. The van der Waals surface area contributed by atoms with E-state index in [1.54, 1.807) is 31.2 Å². The maximum absolute atomic E-state index is 12.0. The number of para-hydroxylation sites is 1. The van der Waals surface area contributed by atoms with Crippen molar-refractivity contribution in [3.05, 3.63) is 58.6 Å². The molecule has 7 heteroatoms. The zero-order valence-corrected chi connectivity index (χ0v) is 15.6. The van der Waals surface area contributed by atoms with Gasteiger partial charge in [-0.3, -0.25) is 20.4 Å². The van der Waals surface area contributed by atoms with E-state index in [2.05, 4.69) is 10.9 Å². The molecule has 0 fully saturated rings. The molecule has 6 nitrogen and oxygen atoms in total. The molecule has 0 aliphatic carbocycles. The summed E-state index contributed by atoms with van der Waals surface area (Å²) >= 11 is 5.87. The molecular formula is C19H21ClN2O4. The number of hydrogen-bond acceptors (Lipinski definition) is 4. The van der Waals surface area contributed by atoms with Crippen molar-refractivity contribution in [2.24, 2.45) is 0 Å². The van der Waals surface area contributed by atoms with Gasteiger partial charge in [0.15, 0.2) is 12.7 Å². The highest BCUT2D eigenvalue weighted by molar-refractivity contribution is 6.30. The molecule has 2 aromatic rings. The second kappa shape index (κ2) is 9.10. The smallest absolute Gasteiger partial charge is 0.279 e. The van der Waals surface area contributed by atoms with Gasteiger partial charge in [0.2, 0.25) is 0 Å². The molecule has 0 saturated carbocycles. The third-order valence-electron chi connectivity index (χ3n) is 3.59. The molecule has 0 aromatic heterocycles. The number of carbonyl (C=O) groups excluding carboxylic acids is 2. The number of halogens is 1. The maximum Gasteiger partial charge on any atom is 0.279 e. The van der Waals surface area contributed by atoms with E-state index in [4.69, 9.17) is 21.1 Å². The molecule has 0 radical (unpaired) electrons. The molecule has 2 aromatic carbocycles. The number of carbonyl (C=O) groups is 2. The minimum Gasteiger partial charge on any atom is -0.483 e. The fourth-order valence-corrected chi connectivity index (χ4v) is 2.35. The predicted molar refractivity (Wildman–Crippen MR) is 99.2 cm³/mol. The summed E-state index contributed by atoms with van der Waals surface area (Å²) in [6.45, 7) is 5.07. The van der Waals surface area contributed by atoms with Crippen LogP contribution in [-0.4, -0.2) is 24.5 Å². The number of hydrazine groups is 1. The quantitative estimate of drug-likeness (QED) is 0.760. The first kappa shape index (κ1) is 19.6. The Balaban J connectivity index is 1.77. The van der Waals surface area contributed by atoms with Crippen LogP contribution in [0.15, 0.2) is 42.5 Å². The zero-order chi connectivity index (χ0) is 19.1. The number of benzene rings is 2. The van der Waals surface area contributed by atoms with Crippen LogP contribution in [0.4, 0.5) is 0 Å². The Labute approximate surface area is 157 Å². The van der Waals surface area contributed by atoms with Crippen molar-refractivity contribution in [3.8, 4) is 11.5 Å². The van der Waals surface area contributed by atoms with Crippen LogP contribution in [0.2, 0.25) is 5.02 Å². The van der Waals surface area contributed by atoms with Gasteiger partial charge in [-0.2, -0.15) is 0 Å². The lowest BCUT2D eigenvalue weighted by Crippen LogP contribution is -2.48. The van der Waals surface area contributed by atoms with E-state index in [9.17, 15) is 9.59 Å². The van der Waals surface area contributed by atoms with Crippen LogP contribution in [0.5, 0.6) is 11.5 Å². The highest BCUT2D eigenvalue weighted by Gasteiger charge is 2.16. The molecule has 1 atom stereocenters. The first-order valence-electron chi connectivity index (χ1n) is 8.06. The van der Waals surface area contributed by atoms with E-state index in [1.807, 2.05) is 32.0 Å². The first-order chi connectivity index (χ1) is 12.4. The molecule has 0 aliphatic heterocycles. The summed E-state index contributed by atoms with van der Waals surface area (Å²) in [5.74, 6) is 0.204. The molecule has 26 heavy (non-hydrogen) atoms. The van der Waals surface area contributed by atoms with Gasteiger partial charge in [-0.25, -0.2) is 0 Å². The molecule has 0 spiro atoms. The Kier molecular flexibility index (Phi) is 6.86. The van der Waals surface area contributed by atoms with Gasteiger partial charge >= 0.3 is 0 Å². The zero-order valence-electron chi connectivity index (χ0n) is 14.8. The number of amides is 2. The van der Waals surface area contributed by atoms with Crippen molar-refractivity contribution in [3.63, 3.8) is 0 Å². The minimum atomic E-state index is -0.768. The Morgan fingerprint density at radius 2 is 1.77 bits per heavy atom. The molecule has 0 heterocycles. The second-order valence-electron chi connectivity index (χ2n) is 5.76. The number of rotatable bonds is 6. The highest BCUT2D eigenvalue weighted by Crippen LogP contribution is 2.21. The third kappa shape index (κ3) is 5.67. The van der Waals surface area contributed by atoms with Crippen LogP contribution in [0.1, 0.15) is 18.1 Å². The SMILES string of the molecule is Cc1cc(Cl)ccc1OCC(=O)NNC(=O)C(C)Oc1ccccc1C. The van der Waals surface area contributed by atoms with Gasteiger partial charge in [0.05, 0.1) is 0 Å². The summed E-state index contributed by atoms with van der Waals surface area (Å²) in [4.78, 5) is 23.8. The van der Waals surface area contributed by atoms with Crippen molar-refractivity contribution in [2.45, 2.75) is 26.9 Å². The standard InChI is InChI=1S/C19H21ClN2O4/c1-12-6-4-5-7-17(12)26-14(3)19(24)22-21-18(23)11-25-16-9-8-15(20)10-13(16)2/h4-10,14H,11H2,1-3H3,(H,21,23)(H,22,24). The molecule has 0 bridgehead atoms. The van der Waals surface area contributed by atoms with Crippen molar-refractivity contribution < 1.29 is 19.1 Å². The van der Waals surface area contributed by atoms with E-state index in [0.29, 0.717) is 16.5 Å². The van der Waals surface area contributed by atoms with Crippen molar-refractivity contribution in [2.75, 3.05) is 6.61 Å². The lowest BCUT2D eigenvalue weighted by molar-refractivity contribution is -0.133. The van der Waals surface area contributed by atoms with Crippen molar-refractivity contribution >= 4 is 23.4 Å². The maximum atomic E-state index is 12.0. The molecule has 0 saturated heterocycles. The summed E-state index contributed by atoms with van der Waals surface area (Å²) in [5, 5.41) is 0.592. The molecule has 1 unspecified atom stereocenters. The van der Waals surface area contributed by atoms with Gasteiger partial charge in [0, 0.05) is 5.02 Å². The largest absolute Gasteiger partial charge is 0.483 e. The summed E-state index contributed by atoms with van der Waals surface area (Å²) in [7, 11) is 0. The first-order valence-corrected chi connectivity index (χ1v) is 8.44. The molecule has 2 rings (SSSR count). The van der Waals surface area contributed by atoms with E-state index < -0.39 is 17.9 Å². The van der Waals surface area contributed by atoms with Crippen LogP contribution >= 0.6 is 11.6 Å². The normalized spacial score (nSPS) is 11.4. The topological polar surface area (TPSA) is 76.7 Å². The Bertz CT molecular complexity index is 795. The van der Waals surface area contributed by atoms with Gasteiger partial charge in [0.1, 0.15) is 11.5 Å². The van der Waals surface area contributed by atoms with Crippen LogP contribution in [-0.2, 0) is 9.59 Å². The van der Waals surface area contributed by atoms with Crippen LogP contribution in [0.25, 0.3) is 0 Å². The van der Waals surface area contributed by atoms with Gasteiger partial charge in [-0.05, 0) is 56.2 Å². The highest BCUT2D eigenvalue weighted by atomic mass is 35.5. The van der Waals surface area contributed by atoms with E-state index >= 15 is 0 Å². The van der Waals surface area contributed by atoms with Crippen LogP contribution < -0.4 is 20.3 Å². The summed E-state index contributed by atoms with van der Waals surface area (Å²) in [6.07, 6.45) is -0.768. The van der Waals surface area contributed by atoms with Crippen molar-refractivity contribution in [1.82, 2.24) is 10.9 Å². The monoisotopic (exact) mass is 376 g/mol. The average molecular weight is 377 g/mol. The van der Waals surface area contributed by atoms with Gasteiger partial charge in [-0.1, -0.05) is 29.8 Å². The second-order valence-corrected chi connectivity index (χ2v) is 6.20. The third-order valence-corrected chi connectivity index (χ3v) is 3.82. The summed E-state index contributed by atoms with van der Waals surface area (Å²) < 4.78 is 11.0. The molecule has 138 valence electrons. The lowest BCUT2D eigenvalue weighted by atomic mass is 10.2. The van der Waals surface area contributed by atoms with Crippen molar-refractivity contribution in [1.29, 1.82) is 0 Å². The number of aryl methyl sites for hydroxylation is 2. The van der Waals surface area contributed by atoms with Gasteiger partial charge in [-0.15, -0.1) is 0 Å². The Hall–Kier alpha value is -2.73. The predicted octanol–water partition coefficient (Wildman–Crippen LogP) is 2.95. The van der Waals surface area contributed by atoms with E-state index in [0.717, 1.165) is 11.1 Å². The molecular weight excluding hydrogens is 356 g/mol. The molecule has 0 aliphatic rings. The molecule has 2 N–H and O–H groups in total. The fourth-order valence-electron chi connectivity index (χ4n) is 2.12. The molecule has 2 amide bonds. The summed E-state index contributed by atoms with van der Waals surface area (Å²) in [6, 6.07) is 12.5. The van der Waals surface area contributed by atoms with Gasteiger partial charge in [0.25, 0.3) is 11.8 Å². The number of hydrogen-bond donors (Lipinski definition) is 2. The van der Waals surface area contributed by atoms with Gasteiger partial charge < -0.3 is 9.47 Å². The fraction of sp³-hybridized carbons (Fsp3) is 0.263. The van der Waals surface area contributed by atoms with Crippen LogP contribution in [0, 0.1) is 13.8 Å². The number of ether oxygens (including phenoxy) is 2.